The molecule has 1 saturated heterocycles. The maximum absolute atomic E-state index is 10.5. The van der Waals surface area contributed by atoms with E-state index in [1.165, 1.54) is 0 Å². The first kappa shape index (κ1) is 12.9. The Labute approximate surface area is 93.4 Å². The maximum atomic E-state index is 10.5. The second-order valence-electron chi connectivity index (χ2n) is 5.77. The van der Waals surface area contributed by atoms with E-state index in [-0.39, 0.29) is 5.60 Å². The van der Waals surface area contributed by atoms with Crippen LogP contribution in [0.2, 0.25) is 0 Å². The van der Waals surface area contributed by atoms with E-state index >= 15 is 0 Å². The Kier molecular flexibility index (Phi) is 3.80. The summed E-state index contributed by atoms with van der Waals surface area (Å²) in [4.78, 5) is 2.20. The van der Waals surface area contributed by atoms with Gasteiger partial charge in [-0.15, -0.1) is 0 Å². The molecule has 1 fully saturated rings. The molecule has 1 heterocycles. The Hall–Kier alpha value is -0.120. The van der Waals surface area contributed by atoms with Crippen LogP contribution in [0.3, 0.4) is 0 Å². The molecular weight excluding hydrogens is 190 g/mol. The van der Waals surface area contributed by atoms with Gasteiger partial charge in [-0.05, 0) is 34.7 Å². The molecule has 15 heavy (non-hydrogen) atoms. The fraction of sp³-hybridized carbons (Fsp3) is 1.00. The summed E-state index contributed by atoms with van der Waals surface area (Å²) in [6.45, 7) is 9.79. The van der Waals surface area contributed by atoms with E-state index in [1.54, 1.807) is 0 Å². The molecule has 0 saturated carbocycles. The van der Waals surface area contributed by atoms with E-state index in [2.05, 4.69) is 25.8 Å². The van der Waals surface area contributed by atoms with Crippen molar-refractivity contribution >= 4 is 0 Å². The summed E-state index contributed by atoms with van der Waals surface area (Å²) in [5.74, 6) is 0. The van der Waals surface area contributed by atoms with Gasteiger partial charge in [0.25, 0.3) is 0 Å². The van der Waals surface area contributed by atoms with Crippen molar-refractivity contribution in [2.45, 2.75) is 57.8 Å². The number of hydrogen-bond donors (Lipinski definition) is 1. The molecule has 1 aliphatic rings. The highest BCUT2D eigenvalue weighted by Gasteiger charge is 2.40. The maximum Gasteiger partial charge on any atom is 0.0823 e. The topological polar surface area (TPSA) is 32.7 Å². The third-order valence-corrected chi connectivity index (χ3v) is 3.24. The van der Waals surface area contributed by atoms with Gasteiger partial charge < -0.3 is 14.7 Å². The molecule has 0 aromatic rings. The minimum atomic E-state index is -0.583. The normalized spacial score (nSPS) is 31.2. The van der Waals surface area contributed by atoms with Crippen LogP contribution in [0.5, 0.6) is 0 Å². The lowest BCUT2D eigenvalue weighted by atomic mass is 9.84. The molecule has 0 spiro atoms. The van der Waals surface area contributed by atoms with Crippen LogP contribution >= 0.6 is 0 Å². The number of rotatable bonds is 3. The monoisotopic (exact) mass is 215 g/mol. The summed E-state index contributed by atoms with van der Waals surface area (Å²) in [6, 6.07) is 0.472. The van der Waals surface area contributed by atoms with Gasteiger partial charge >= 0.3 is 0 Å². The quantitative estimate of drug-likeness (QED) is 0.777. The standard InChI is InChI=1S/C12H25NO2/c1-10(2)13(5)9-12(14)6-7-15-11(3,4)8-12/h10,14H,6-9H2,1-5H3. The van der Waals surface area contributed by atoms with Crippen molar-refractivity contribution in [1.82, 2.24) is 4.90 Å². The van der Waals surface area contributed by atoms with Crippen molar-refractivity contribution in [1.29, 1.82) is 0 Å². The molecule has 3 nitrogen and oxygen atoms in total. The summed E-state index contributed by atoms with van der Waals surface area (Å²) in [5, 5.41) is 10.5. The average molecular weight is 215 g/mol. The molecule has 0 bridgehead atoms. The Morgan fingerprint density at radius 2 is 2.00 bits per heavy atom. The van der Waals surface area contributed by atoms with Gasteiger partial charge in [-0.25, -0.2) is 0 Å². The van der Waals surface area contributed by atoms with Gasteiger partial charge in [-0.2, -0.15) is 0 Å². The van der Waals surface area contributed by atoms with E-state index in [1.807, 2.05) is 13.8 Å². The van der Waals surface area contributed by atoms with Gasteiger partial charge in [0, 0.05) is 25.4 Å². The SMILES string of the molecule is CC(C)N(C)CC1(O)CCOC(C)(C)C1. The van der Waals surface area contributed by atoms with Crippen LogP contribution in [-0.4, -0.2) is 47.4 Å². The highest BCUT2D eigenvalue weighted by Crippen LogP contribution is 2.32. The molecular formula is C12H25NO2. The Bertz CT molecular complexity index is 216. The zero-order chi connectivity index (χ0) is 11.7. The van der Waals surface area contributed by atoms with Crippen molar-refractivity contribution < 1.29 is 9.84 Å². The molecule has 1 rings (SSSR count). The molecule has 0 aromatic carbocycles. The Morgan fingerprint density at radius 3 is 2.47 bits per heavy atom. The third-order valence-electron chi connectivity index (χ3n) is 3.24. The molecule has 1 atom stereocenters. The predicted octanol–water partition coefficient (Wildman–Crippen LogP) is 1.65. The minimum absolute atomic E-state index is 0.190. The van der Waals surface area contributed by atoms with Crippen LogP contribution < -0.4 is 0 Å². The van der Waals surface area contributed by atoms with Crippen molar-refractivity contribution in [3.63, 3.8) is 0 Å². The molecule has 0 aromatic heterocycles. The first-order chi connectivity index (χ1) is 6.74. The third kappa shape index (κ3) is 3.74. The van der Waals surface area contributed by atoms with Crippen LogP contribution in [0.1, 0.15) is 40.5 Å². The van der Waals surface area contributed by atoms with Crippen molar-refractivity contribution in [3.8, 4) is 0 Å². The second-order valence-corrected chi connectivity index (χ2v) is 5.77. The van der Waals surface area contributed by atoms with E-state index < -0.39 is 5.60 Å². The fourth-order valence-electron chi connectivity index (χ4n) is 2.23. The molecule has 1 aliphatic heterocycles. The number of nitrogens with zero attached hydrogens (tertiary/aromatic N) is 1. The van der Waals surface area contributed by atoms with Crippen molar-refractivity contribution in [2.24, 2.45) is 0 Å². The average Bonchev–Trinajstić information content (AvgIpc) is 1.99. The molecule has 3 heteroatoms. The minimum Gasteiger partial charge on any atom is -0.388 e. The van der Waals surface area contributed by atoms with Gasteiger partial charge in [0.05, 0.1) is 17.8 Å². The molecule has 0 radical (unpaired) electrons. The van der Waals surface area contributed by atoms with E-state index in [0.717, 1.165) is 19.4 Å². The van der Waals surface area contributed by atoms with Crippen molar-refractivity contribution in [2.75, 3.05) is 20.2 Å². The van der Waals surface area contributed by atoms with E-state index in [4.69, 9.17) is 4.74 Å². The van der Waals surface area contributed by atoms with Gasteiger partial charge in [-0.1, -0.05) is 0 Å². The largest absolute Gasteiger partial charge is 0.388 e. The van der Waals surface area contributed by atoms with E-state index in [0.29, 0.717) is 12.6 Å². The lowest BCUT2D eigenvalue weighted by Gasteiger charge is -2.43. The van der Waals surface area contributed by atoms with Gasteiger partial charge in [0.15, 0.2) is 0 Å². The van der Waals surface area contributed by atoms with Crippen molar-refractivity contribution in [3.05, 3.63) is 0 Å². The molecule has 1 N–H and O–H groups in total. The lowest BCUT2D eigenvalue weighted by molar-refractivity contribution is -0.151. The Morgan fingerprint density at radius 1 is 1.40 bits per heavy atom. The predicted molar refractivity (Wildman–Crippen MR) is 62.0 cm³/mol. The summed E-state index contributed by atoms with van der Waals surface area (Å²) >= 11 is 0. The highest BCUT2D eigenvalue weighted by atomic mass is 16.5. The van der Waals surface area contributed by atoms with Crippen LogP contribution in [0.15, 0.2) is 0 Å². The summed E-state index contributed by atoms with van der Waals surface area (Å²) in [6.07, 6.45) is 1.46. The summed E-state index contributed by atoms with van der Waals surface area (Å²) in [5.41, 5.74) is -0.772. The smallest absolute Gasteiger partial charge is 0.0823 e. The Balaban J connectivity index is 2.58. The lowest BCUT2D eigenvalue weighted by Crippen LogP contribution is -2.52. The zero-order valence-corrected chi connectivity index (χ0v) is 10.7. The van der Waals surface area contributed by atoms with Crippen LogP contribution in [0.25, 0.3) is 0 Å². The summed E-state index contributed by atoms with van der Waals surface area (Å²) < 4.78 is 5.62. The van der Waals surface area contributed by atoms with Gasteiger partial charge in [-0.3, -0.25) is 0 Å². The highest BCUT2D eigenvalue weighted by molar-refractivity contribution is 4.92. The van der Waals surface area contributed by atoms with E-state index in [9.17, 15) is 5.11 Å². The van der Waals surface area contributed by atoms with Crippen LogP contribution in [0.4, 0.5) is 0 Å². The molecule has 0 aliphatic carbocycles. The summed E-state index contributed by atoms with van der Waals surface area (Å²) in [7, 11) is 2.06. The number of likely N-dealkylation sites (N-methyl/N-ethyl adjacent to an activating group) is 1. The number of aliphatic hydroxyl groups is 1. The second kappa shape index (κ2) is 4.40. The molecule has 0 amide bonds. The van der Waals surface area contributed by atoms with Gasteiger partial charge in [0.2, 0.25) is 0 Å². The molecule has 90 valence electrons. The van der Waals surface area contributed by atoms with Gasteiger partial charge in [0.1, 0.15) is 0 Å². The zero-order valence-electron chi connectivity index (χ0n) is 10.7. The molecule has 1 unspecified atom stereocenters. The van der Waals surface area contributed by atoms with Crippen LogP contribution in [-0.2, 0) is 4.74 Å². The first-order valence-corrected chi connectivity index (χ1v) is 5.81. The number of hydrogen-bond acceptors (Lipinski definition) is 3. The first-order valence-electron chi connectivity index (χ1n) is 5.81. The number of ether oxygens (including phenoxy) is 1. The van der Waals surface area contributed by atoms with Crippen LogP contribution in [0, 0.1) is 0 Å². The fourth-order valence-corrected chi connectivity index (χ4v) is 2.23.